The first-order valence-electron chi connectivity index (χ1n) is 8.84. The SMILES string of the molecule is COC(=O)c1ccc(CN(c2ccccc2)S(=O)(=O)N2CCNCC2)c(F)c1. The van der Waals surface area contributed by atoms with Crippen LogP contribution in [-0.4, -0.2) is 52.0 Å². The minimum atomic E-state index is -3.85. The van der Waals surface area contributed by atoms with Gasteiger partial charge in [0, 0.05) is 31.7 Å². The topological polar surface area (TPSA) is 79.0 Å². The zero-order valence-electron chi connectivity index (χ0n) is 15.5. The molecule has 0 radical (unpaired) electrons. The molecule has 1 aliphatic heterocycles. The first-order valence-corrected chi connectivity index (χ1v) is 10.2. The van der Waals surface area contributed by atoms with Gasteiger partial charge in [0.25, 0.3) is 0 Å². The van der Waals surface area contributed by atoms with Crippen LogP contribution in [0.3, 0.4) is 0 Å². The normalized spacial score (nSPS) is 15.2. The Morgan fingerprint density at radius 1 is 1.18 bits per heavy atom. The number of methoxy groups -OCH3 is 1. The highest BCUT2D eigenvalue weighted by molar-refractivity contribution is 7.90. The molecule has 7 nitrogen and oxygen atoms in total. The molecule has 2 aromatic carbocycles. The van der Waals surface area contributed by atoms with Gasteiger partial charge in [0.05, 0.1) is 24.9 Å². The average molecular weight is 407 g/mol. The molecule has 0 saturated carbocycles. The van der Waals surface area contributed by atoms with E-state index in [0.29, 0.717) is 31.9 Å². The number of para-hydroxylation sites is 1. The molecule has 1 saturated heterocycles. The third kappa shape index (κ3) is 4.32. The molecule has 28 heavy (non-hydrogen) atoms. The lowest BCUT2D eigenvalue weighted by Crippen LogP contribution is -2.51. The molecule has 0 aliphatic carbocycles. The molecule has 0 atom stereocenters. The van der Waals surface area contributed by atoms with Crippen molar-refractivity contribution in [2.24, 2.45) is 0 Å². The number of nitrogens with zero attached hydrogens (tertiary/aromatic N) is 2. The number of halogens is 1. The van der Waals surface area contributed by atoms with E-state index in [9.17, 15) is 17.6 Å². The molecular formula is C19H22FN3O4S. The van der Waals surface area contributed by atoms with E-state index in [0.717, 1.165) is 6.07 Å². The summed E-state index contributed by atoms with van der Waals surface area (Å²) in [6.45, 7) is 1.61. The molecule has 1 heterocycles. The summed E-state index contributed by atoms with van der Waals surface area (Å²) in [7, 11) is -2.64. The summed E-state index contributed by atoms with van der Waals surface area (Å²) >= 11 is 0. The summed E-state index contributed by atoms with van der Waals surface area (Å²) in [6.07, 6.45) is 0. The highest BCUT2D eigenvalue weighted by atomic mass is 32.2. The molecule has 0 spiro atoms. The van der Waals surface area contributed by atoms with Gasteiger partial charge in [-0.3, -0.25) is 4.31 Å². The van der Waals surface area contributed by atoms with Gasteiger partial charge < -0.3 is 10.1 Å². The Morgan fingerprint density at radius 2 is 1.86 bits per heavy atom. The Bertz CT molecular complexity index is 931. The number of carbonyl (C=O) groups is 1. The molecule has 3 rings (SSSR count). The van der Waals surface area contributed by atoms with Crippen LogP contribution >= 0.6 is 0 Å². The summed E-state index contributed by atoms with van der Waals surface area (Å²) in [5, 5.41) is 3.12. The van der Waals surface area contributed by atoms with Crippen LogP contribution in [0.1, 0.15) is 15.9 Å². The van der Waals surface area contributed by atoms with E-state index in [-0.39, 0.29) is 17.7 Å². The molecule has 0 aromatic heterocycles. The van der Waals surface area contributed by atoms with Gasteiger partial charge in [-0.25, -0.2) is 9.18 Å². The van der Waals surface area contributed by atoms with Gasteiger partial charge in [-0.2, -0.15) is 12.7 Å². The van der Waals surface area contributed by atoms with Crippen LogP contribution in [0.2, 0.25) is 0 Å². The summed E-state index contributed by atoms with van der Waals surface area (Å²) in [6, 6.07) is 12.5. The first kappa shape index (κ1) is 20.2. The van der Waals surface area contributed by atoms with Crippen molar-refractivity contribution in [3.05, 3.63) is 65.5 Å². The molecule has 1 N–H and O–H groups in total. The van der Waals surface area contributed by atoms with Crippen molar-refractivity contribution in [2.75, 3.05) is 37.6 Å². The molecule has 150 valence electrons. The number of nitrogens with one attached hydrogen (secondary N) is 1. The Morgan fingerprint density at radius 3 is 2.46 bits per heavy atom. The number of hydrogen-bond acceptors (Lipinski definition) is 5. The molecule has 0 unspecified atom stereocenters. The maximum atomic E-state index is 14.6. The van der Waals surface area contributed by atoms with E-state index in [2.05, 4.69) is 10.1 Å². The van der Waals surface area contributed by atoms with Crippen LogP contribution in [-0.2, 0) is 21.5 Å². The number of ether oxygens (including phenoxy) is 1. The predicted molar refractivity (Wildman–Crippen MR) is 104 cm³/mol. The van der Waals surface area contributed by atoms with E-state index < -0.39 is 22.0 Å². The van der Waals surface area contributed by atoms with E-state index in [1.165, 1.54) is 27.9 Å². The van der Waals surface area contributed by atoms with Crippen LogP contribution in [0.15, 0.2) is 48.5 Å². The van der Waals surface area contributed by atoms with Crippen LogP contribution < -0.4 is 9.62 Å². The van der Waals surface area contributed by atoms with Crippen molar-refractivity contribution in [3.8, 4) is 0 Å². The smallest absolute Gasteiger partial charge is 0.337 e. The Hall–Kier alpha value is -2.49. The van der Waals surface area contributed by atoms with Crippen LogP contribution in [0.25, 0.3) is 0 Å². The van der Waals surface area contributed by atoms with Crippen LogP contribution in [0.4, 0.5) is 10.1 Å². The van der Waals surface area contributed by atoms with Gasteiger partial charge in [0.15, 0.2) is 0 Å². The average Bonchev–Trinajstić information content (AvgIpc) is 2.73. The second-order valence-electron chi connectivity index (χ2n) is 6.30. The van der Waals surface area contributed by atoms with E-state index in [1.54, 1.807) is 30.3 Å². The van der Waals surface area contributed by atoms with Gasteiger partial charge in [-0.15, -0.1) is 0 Å². The summed E-state index contributed by atoms with van der Waals surface area (Å²) in [5.74, 6) is -1.32. The maximum absolute atomic E-state index is 14.6. The Labute approximate surface area is 163 Å². The molecule has 2 aromatic rings. The lowest BCUT2D eigenvalue weighted by atomic mass is 10.1. The minimum absolute atomic E-state index is 0.0694. The lowest BCUT2D eigenvalue weighted by molar-refractivity contribution is 0.0600. The van der Waals surface area contributed by atoms with Gasteiger partial charge in [0.1, 0.15) is 5.82 Å². The molecule has 0 amide bonds. The number of esters is 1. The molecule has 9 heteroatoms. The zero-order valence-corrected chi connectivity index (χ0v) is 16.3. The maximum Gasteiger partial charge on any atom is 0.337 e. The summed E-state index contributed by atoms with van der Waals surface area (Å²) in [5.41, 5.74) is 0.674. The van der Waals surface area contributed by atoms with Crippen LogP contribution in [0.5, 0.6) is 0 Å². The van der Waals surface area contributed by atoms with Gasteiger partial charge in [-0.1, -0.05) is 24.3 Å². The largest absolute Gasteiger partial charge is 0.465 e. The standard InChI is InChI=1S/C19H22FN3O4S/c1-27-19(24)15-7-8-16(18(20)13-15)14-23(17-5-3-2-4-6-17)28(25,26)22-11-9-21-10-12-22/h2-8,13,21H,9-12,14H2,1H3. The number of piperazine rings is 1. The van der Waals surface area contributed by atoms with Gasteiger partial charge >= 0.3 is 16.2 Å². The molecule has 1 fully saturated rings. The minimum Gasteiger partial charge on any atom is -0.465 e. The van der Waals surface area contributed by atoms with Crippen molar-refractivity contribution < 1.29 is 22.3 Å². The van der Waals surface area contributed by atoms with E-state index >= 15 is 0 Å². The highest BCUT2D eigenvalue weighted by Gasteiger charge is 2.31. The molecular weight excluding hydrogens is 385 g/mol. The summed E-state index contributed by atoms with van der Waals surface area (Å²) in [4.78, 5) is 11.6. The number of benzene rings is 2. The fraction of sp³-hybridized carbons (Fsp3) is 0.316. The first-order chi connectivity index (χ1) is 13.4. The fourth-order valence-corrected chi connectivity index (χ4v) is 4.60. The van der Waals surface area contributed by atoms with Crippen molar-refractivity contribution in [2.45, 2.75) is 6.54 Å². The quantitative estimate of drug-likeness (QED) is 0.739. The molecule has 0 bridgehead atoms. The van der Waals surface area contributed by atoms with E-state index in [1.807, 2.05) is 0 Å². The van der Waals surface area contributed by atoms with Gasteiger partial charge in [-0.05, 0) is 24.3 Å². The van der Waals surface area contributed by atoms with Crippen molar-refractivity contribution in [3.63, 3.8) is 0 Å². The summed E-state index contributed by atoms with van der Waals surface area (Å²) < 4.78 is 48.3. The monoisotopic (exact) mass is 407 g/mol. The third-order valence-corrected chi connectivity index (χ3v) is 6.43. The number of carbonyl (C=O) groups excluding carboxylic acids is 1. The second kappa shape index (κ2) is 8.68. The zero-order chi connectivity index (χ0) is 20.1. The number of rotatable bonds is 6. The highest BCUT2D eigenvalue weighted by Crippen LogP contribution is 2.25. The number of hydrogen-bond donors (Lipinski definition) is 1. The Balaban J connectivity index is 1.96. The van der Waals surface area contributed by atoms with E-state index in [4.69, 9.17) is 0 Å². The van der Waals surface area contributed by atoms with Gasteiger partial charge in [0.2, 0.25) is 0 Å². The number of anilines is 1. The van der Waals surface area contributed by atoms with Crippen LogP contribution in [0, 0.1) is 5.82 Å². The fourth-order valence-electron chi connectivity index (χ4n) is 2.99. The van der Waals surface area contributed by atoms with Crippen molar-refractivity contribution >= 4 is 21.9 Å². The predicted octanol–water partition coefficient (Wildman–Crippen LogP) is 1.77. The van der Waals surface area contributed by atoms with Crippen molar-refractivity contribution in [1.82, 2.24) is 9.62 Å². The Kier molecular flexibility index (Phi) is 6.28. The molecule has 1 aliphatic rings. The second-order valence-corrected chi connectivity index (χ2v) is 8.15. The third-order valence-electron chi connectivity index (χ3n) is 4.51. The van der Waals surface area contributed by atoms with Crippen molar-refractivity contribution in [1.29, 1.82) is 0 Å². The lowest BCUT2D eigenvalue weighted by Gasteiger charge is -2.33.